The van der Waals surface area contributed by atoms with E-state index in [9.17, 15) is 9.59 Å². The van der Waals surface area contributed by atoms with Crippen LogP contribution < -0.4 is 5.32 Å². The van der Waals surface area contributed by atoms with E-state index in [1.807, 2.05) is 18.2 Å². The molecule has 0 spiro atoms. The van der Waals surface area contributed by atoms with Gasteiger partial charge < -0.3 is 5.32 Å². The van der Waals surface area contributed by atoms with Crippen LogP contribution in [0.25, 0.3) is 0 Å². The number of anilines is 1. The lowest BCUT2D eigenvalue weighted by molar-refractivity contribution is -0.141. The molecule has 0 radical (unpaired) electrons. The lowest BCUT2D eigenvalue weighted by Crippen LogP contribution is -2.43. The van der Waals surface area contributed by atoms with Crippen molar-refractivity contribution in [2.45, 2.75) is 57.0 Å². The molecule has 1 N–H and O–H groups in total. The Morgan fingerprint density at radius 2 is 1.69 bits per heavy atom. The van der Waals surface area contributed by atoms with Crippen LogP contribution in [0.2, 0.25) is 0 Å². The fourth-order valence-electron chi connectivity index (χ4n) is 3.81. The first kappa shape index (κ1) is 17.1. The molecule has 0 bridgehead atoms. The summed E-state index contributed by atoms with van der Waals surface area (Å²) >= 11 is 1.60. The molecule has 6 nitrogen and oxygen atoms in total. The Morgan fingerprint density at radius 1 is 1.00 bits per heavy atom. The van der Waals surface area contributed by atoms with Crippen molar-refractivity contribution < 1.29 is 9.59 Å². The fraction of sp³-hybridized carbons (Fsp3) is 0.474. The summed E-state index contributed by atoms with van der Waals surface area (Å²) in [6.45, 7) is 0. The summed E-state index contributed by atoms with van der Waals surface area (Å²) < 4.78 is 0. The summed E-state index contributed by atoms with van der Waals surface area (Å²) in [6.07, 6.45) is 5.17. The van der Waals surface area contributed by atoms with Crippen molar-refractivity contribution in [1.29, 1.82) is 0 Å². The number of carbonyl (C=O) groups is 2. The van der Waals surface area contributed by atoms with Crippen molar-refractivity contribution in [3.63, 3.8) is 0 Å². The smallest absolute Gasteiger partial charge is 0.229 e. The molecule has 2 aromatic rings. The minimum atomic E-state index is 0.00101. The third kappa shape index (κ3) is 3.77. The highest BCUT2D eigenvalue weighted by atomic mass is 32.1. The summed E-state index contributed by atoms with van der Waals surface area (Å²) in [4.78, 5) is 25.3. The van der Waals surface area contributed by atoms with Crippen LogP contribution in [-0.2, 0) is 16.0 Å². The molecule has 0 unspecified atom stereocenters. The minimum Gasteiger partial charge on any atom is -0.357 e. The number of rotatable bonds is 5. The molecule has 2 heterocycles. The number of nitrogens with zero attached hydrogens (tertiary/aromatic N) is 3. The molecule has 1 aliphatic carbocycles. The summed E-state index contributed by atoms with van der Waals surface area (Å²) in [7, 11) is 0. The number of imide groups is 1. The number of amides is 2. The number of likely N-dealkylation sites (tertiary alicyclic amines) is 1. The van der Waals surface area contributed by atoms with E-state index in [-0.39, 0.29) is 17.9 Å². The standard InChI is InChI=1S/C19H22N4O2S/c24-17-10-11-18(25)23(17)15-8-6-14(7-9-15)20-19-22-21-16(26-19)12-13-4-2-1-3-5-13/h1-5,14-15H,6-12H2,(H,20,22). The first-order valence-electron chi connectivity index (χ1n) is 9.17. The molecule has 7 heteroatoms. The minimum absolute atomic E-state index is 0.00101. The van der Waals surface area contributed by atoms with Crippen LogP contribution in [0.4, 0.5) is 5.13 Å². The van der Waals surface area contributed by atoms with Gasteiger partial charge in [-0.2, -0.15) is 0 Å². The number of carbonyl (C=O) groups excluding carboxylic acids is 2. The zero-order valence-corrected chi connectivity index (χ0v) is 15.4. The average Bonchev–Trinajstić information content (AvgIpc) is 3.23. The Hall–Kier alpha value is -2.28. The van der Waals surface area contributed by atoms with Gasteiger partial charge in [0.2, 0.25) is 16.9 Å². The predicted octanol–water partition coefficient (Wildman–Crippen LogP) is 3.00. The molecule has 26 heavy (non-hydrogen) atoms. The van der Waals surface area contributed by atoms with E-state index in [2.05, 4.69) is 27.6 Å². The van der Waals surface area contributed by atoms with Crippen molar-refractivity contribution in [1.82, 2.24) is 15.1 Å². The molecule has 136 valence electrons. The third-order valence-corrected chi connectivity index (χ3v) is 6.00. The first-order chi connectivity index (χ1) is 12.7. The highest BCUT2D eigenvalue weighted by Gasteiger charge is 2.36. The molecule has 1 aliphatic heterocycles. The topological polar surface area (TPSA) is 75.2 Å². The monoisotopic (exact) mass is 370 g/mol. The summed E-state index contributed by atoms with van der Waals surface area (Å²) in [5.74, 6) is 0.00201. The van der Waals surface area contributed by atoms with Crippen LogP contribution in [0.15, 0.2) is 30.3 Å². The van der Waals surface area contributed by atoms with Crippen LogP contribution in [0.5, 0.6) is 0 Å². The van der Waals surface area contributed by atoms with Crippen LogP contribution in [0.1, 0.15) is 49.1 Å². The molecule has 0 atom stereocenters. The molecule has 1 aromatic heterocycles. The molecule has 1 saturated heterocycles. The predicted molar refractivity (Wildman–Crippen MR) is 99.9 cm³/mol. The quantitative estimate of drug-likeness (QED) is 0.819. The van der Waals surface area contributed by atoms with Gasteiger partial charge >= 0.3 is 0 Å². The number of aromatic nitrogens is 2. The van der Waals surface area contributed by atoms with Crippen LogP contribution in [-0.4, -0.2) is 39.0 Å². The second-order valence-electron chi connectivity index (χ2n) is 6.97. The Balaban J connectivity index is 1.29. The van der Waals surface area contributed by atoms with Crippen molar-refractivity contribution in [3.05, 3.63) is 40.9 Å². The zero-order chi connectivity index (χ0) is 17.9. The second kappa shape index (κ2) is 7.53. The van der Waals surface area contributed by atoms with Crippen molar-refractivity contribution in [2.75, 3.05) is 5.32 Å². The van der Waals surface area contributed by atoms with Gasteiger partial charge in [-0.15, -0.1) is 10.2 Å². The van der Waals surface area contributed by atoms with Crippen LogP contribution >= 0.6 is 11.3 Å². The van der Waals surface area contributed by atoms with E-state index in [0.717, 1.165) is 42.2 Å². The lowest BCUT2D eigenvalue weighted by Gasteiger charge is -2.33. The van der Waals surface area contributed by atoms with Gasteiger partial charge in [-0.1, -0.05) is 41.7 Å². The fourth-order valence-corrected chi connectivity index (χ4v) is 4.66. The molecular weight excluding hydrogens is 348 g/mol. The second-order valence-corrected chi connectivity index (χ2v) is 8.03. The number of hydrogen-bond acceptors (Lipinski definition) is 6. The Kier molecular flexibility index (Phi) is 4.97. The van der Waals surface area contributed by atoms with Gasteiger partial charge in [0.1, 0.15) is 5.01 Å². The van der Waals surface area contributed by atoms with Gasteiger partial charge in [-0.3, -0.25) is 14.5 Å². The normalized spacial score (nSPS) is 23.5. The van der Waals surface area contributed by atoms with E-state index >= 15 is 0 Å². The SMILES string of the molecule is O=C1CCC(=O)N1C1CCC(Nc2nnc(Cc3ccccc3)s2)CC1. The van der Waals surface area contributed by atoms with Crippen LogP contribution in [0, 0.1) is 0 Å². The molecule has 2 fully saturated rings. The molecular formula is C19H22N4O2S. The van der Waals surface area contributed by atoms with Crippen LogP contribution in [0.3, 0.4) is 0 Å². The average molecular weight is 370 g/mol. The lowest BCUT2D eigenvalue weighted by atomic mass is 9.90. The van der Waals surface area contributed by atoms with E-state index in [4.69, 9.17) is 0 Å². The highest BCUT2D eigenvalue weighted by Crippen LogP contribution is 2.29. The largest absolute Gasteiger partial charge is 0.357 e. The molecule has 2 amide bonds. The molecule has 1 saturated carbocycles. The third-order valence-electron chi connectivity index (χ3n) is 5.14. The molecule has 2 aliphatic rings. The van der Waals surface area contributed by atoms with Crippen molar-refractivity contribution in [3.8, 4) is 0 Å². The van der Waals surface area contributed by atoms with Gasteiger partial charge in [0.25, 0.3) is 0 Å². The van der Waals surface area contributed by atoms with Gasteiger partial charge in [-0.05, 0) is 31.2 Å². The first-order valence-corrected chi connectivity index (χ1v) is 9.98. The number of benzene rings is 1. The summed E-state index contributed by atoms with van der Waals surface area (Å²) in [5.41, 5.74) is 1.23. The van der Waals surface area contributed by atoms with Crippen molar-refractivity contribution in [2.24, 2.45) is 0 Å². The van der Waals surface area contributed by atoms with Gasteiger partial charge in [0.05, 0.1) is 0 Å². The van der Waals surface area contributed by atoms with E-state index in [1.54, 1.807) is 11.3 Å². The zero-order valence-electron chi connectivity index (χ0n) is 14.6. The Morgan fingerprint density at radius 3 is 2.38 bits per heavy atom. The Bertz CT molecular complexity index is 768. The highest BCUT2D eigenvalue weighted by molar-refractivity contribution is 7.15. The molecule has 1 aromatic carbocycles. The number of hydrogen-bond donors (Lipinski definition) is 1. The molecule has 4 rings (SSSR count). The Labute approximate surface area is 156 Å². The van der Waals surface area contributed by atoms with E-state index in [1.165, 1.54) is 10.5 Å². The van der Waals surface area contributed by atoms with Gasteiger partial charge in [0.15, 0.2) is 0 Å². The van der Waals surface area contributed by atoms with E-state index < -0.39 is 0 Å². The maximum atomic E-state index is 11.9. The summed E-state index contributed by atoms with van der Waals surface area (Å²) in [5, 5.41) is 13.9. The summed E-state index contributed by atoms with van der Waals surface area (Å²) in [6, 6.07) is 10.7. The maximum absolute atomic E-state index is 11.9. The van der Waals surface area contributed by atoms with E-state index in [0.29, 0.717) is 18.9 Å². The van der Waals surface area contributed by atoms with Gasteiger partial charge in [0, 0.05) is 31.3 Å². The number of nitrogens with one attached hydrogen (secondary N) is 1. The van der Waals surface area contributed by atoms with Crippen molar-refractivity contribution >= 4 is 28.3 Å². The maximum Gasteiger partial charge on any atom is 0.229 e. The van der Waals surface area contributed by atoms with Gasteiger partial charge in [-0.25, -0.2) is 0 Å².